The van der Waals surface area contributed by atoms with E-state index in [2.05, 4.69) is 16.8 Å². The van der Waals surface area contributed by atoms with Crippen LogP contribution in [0.5, 0.6) is 0 Å². The van der Waals surface area contributed by atoms with Gasteiger partial charge in [-0.25, -0.2) is 0 Å². The molecule has 0 aliphatic rings. The molecule has 1 rings (SSSR count). The van der Waals surface area contributed by atoms with E-state index in [9.17, 15) is 4.79 Å². The predicted octanol–water partition coefficient (Wildman–Crippen LogP) is 2.37. The minimum absolute atomic E-state index is 0.0696. The van der Waals surface area contributed by atoms with E-state index in [1.165, 1.54) is 18.7 Å². The van der Waals surface area contributed by atoms with Gasteiger partial charge in [-0.05, 0) is 6.07 Å². The number of aromatic nitrogens is 1. The Balaban J connectivity index is 2.59. The summed E-state index contributed by atoms with van der Waals surface area (Å²) in [7, 11) is 0. The quantitative estimate of drug-likeness (QED) is 0.688. The van der Waals surface area contributed by atoms with Crippen LogP contribution < -0.4 is 0 Å². The second kappa shape index (κ2) is 5.69. The lowest BCUT2D eigenvalue weighted by atomic mass is 10.3. The van der Waals surface area contributed by atoms with E-state index in [0.29, 0.717) is 10.8 Å². The van der Waals surface area contributed by atoms with Crippen LogP contribution in [0.4, 0.5) is 0 Å². The average Bonchev–Trinajstić information content (AvgIpc) is 2.15. The SMILES string of the molecule is CC(=O)SCC#Cc1ccncc1Cl. The lowest BCUT2D eigenvalue weighted by Crippen LogP contribution is -1.83. The average molecular weight is 226 g/mol. The van der Waals surface area contributed by atoms with Gasteiger partial charge in [0.25, 0.3) is 0 Å². The first kappa shape index (κ1) is 11.1. The molecule has 2 nitrogen and oxygen atoms in total. The topological polar surface area (TPSA) is 30.0 Å². The maximum atomic E-state index is 10.6. The summed E-state index contributed by atoms with van der Waals surface area (Å²) in [4.78, 5) is 14.4. The molecule has 1 aromatic rings. The molecule has 0 saturated carbocycles. The molecule has 0 bridgehead atoms. The molecular formula is C10H8ClNOS. The summed E-state index contributed by atoms with van der Waals surface area (Å²) in [6.45, 7) is 1.52. The first-order valence-electron chi connectivity index (χ1n) is 3.92. The minimum atomic E-state index is 0.0696. The molecule has 4 heteroatoms. The Bertz CT molecular complexity index is 395. The first-order valence-corrected chi connectivity index (χ1v) is 5.28. The molecule has 0 aromatic carbocycles. The number of halogens is 1. The molecule has 0 saturated heterocycles. The molecule has 72 valence electrons. The third kappa shape index (κ3) is 3.82. The van der Waals surface area contributed by atoms with Crippen LogP contribution in [0.15, 0.2) is 18.5 Å². The van der Waals surface area contributed by atoms with Gasteiger partial charge in [0.15, 0.2) is 5.12 Å². The van der Waals surface area contributed by atoms with Gasteiger partial charge in [-0.2, -0.15) is 0 Å². The van der Waals surface area contributed by atoms with Gasteiger partial charge in [0.1, 0.15) is 0 Å². The van der Waals surface area contributed by atoms with E-state index in [0.717, 1.165) is 5.56 Å². The van der Waals surface area contributed by atoms with Crippen LogP contribution in [-0.2, 0) is 4.79 Å². The van der Waals surface area contributed by atoms with Crippen molar-refractivity contribution in [3.63, 3.8) is 0 Å². The molecular weight excluding hydrogens is 218 g/mol. The van der Waals surface area contributed by atoms with E-state index < -0.39 is 0 Å². The molecule has 1 heterocycles. The highest BCUT2D eigenvalue weighted by Crippen LogP contribution is 2.11. The van der Waals surface area contributed by atoms with Gasteiger partial charge in [-0.3, -0.25) is 9.78 Å². The van der Waals surface area contributed by atoms with E-state index in [1.807, 2.05) is 0 Å². The second-order valence-electron chi connectivity index (χ2n) is 2.44. The van der Waals surface area contributed by atoms with Crippen molar-refractivity contribution in [2.24, 2.45) is 0 Å². The summed E-state index contributed by atoms with van der Waals surface area (Å²) in [5.41, 5.74) is 0.741. The number of carbonyl (C=O) groups excluding carboxylic acids is 1. The number of nitrogens with zero attached hydrogens (tertiary/aromatic N) is 1. The summed E-state index contributed by atoms with van der Waals surface area (Å²) in [6, 6.07) is 1.74. The fourth-order valence-corrected chi connectivity index (χ4v) is 1.26. The molecule has 0 radical (unpaired) electrons. The number of hydrogen-bond acceptors (Lipinski definition) is 3. The molecule has 0 N–H and O–H groups in total. The van der Waals surface area contributed by atoms with Crippen LogP contribution in [-0.4, -0.2) is 15.9 Å². The highest BCUT2D eigenvalue weighted by atomic mass is 35.5. The predicted molar refractivity (Wildman–Crippen MR) is 59.3 cm³/mol. The van der Waals surface area contributed by atoms with E-state index >= 15 is 0 Å². The Morgan fingerprint density at radius 2 is 2.50 bits per heavy atom. The molecule has 0 aliphatic carbocycles. The first-order chi connectivity index (χ1) is 6.70. The van der Waals surface area contributed by atoms with Gasteiger partial charge in [0, 0.05) is 24.9 Å². The zero-order chi connectivity index (χ0) is 10.4. The monoisotopic (exact) mass is 225 g/mol. The molecule has 0 aliphatic heterocycles. The van der Waals surface area contributed by atoms with Crippen LogP contribution in [0, 0.1) is 11.8 Å². The molecule has 14 heavy (non-hydrogen) atoms. The van der Waals surface area contributed by atoms with Crippen molar-refractivity contribution < 1.29 is 4.79 Å². The molecule has 0 atom stereocenters. The standard InChI is InChI=1S/C10H8ClNOS/c1-8(13)14-6-2-3-9-4-5-12-7-10(9)11/h4-5,7H,6H2,1H3. The Morgan fingerprint density at radius 1 is 1.71 bits per heavy atom. The highest BCUT2D eigenvalue weighted by molar-refractivity contribution is 8.13. The largest absolute Gasteiger partial charge is 0.288 e. The van der Waals surface area contributed by atoms with Crippen molar-refractivity contribution >= 4 is 28.5 Å². The van der Waals surface area contributed by atoms with Gasteiger partial charge >= 0.3 is 0 Å². The van der Waals surface area contributed by atoms with E-state index in [1.54, 1.807) is 18.5 Å². The van der Waals surface area contributed by atoms with Gasteiger partial charge in [0.05, 0.1) is 10.8 Å². The Morgan fingerprint density at radius 3 is 3.14 bits per heavy atom. The molecule has 0 unspecified atom stereocenters. The molecule has 0 spiro atoms. The summed E-state index contributed by atoms with van der Waals surface area (Å²) in [5, 5.41) is 0.605. The smallest absolute Gasteiger partial charge is 0.186 e. The van der Waals surface area contributed by atoms with Crippen molar-refractivity contribution in [3.8, 4) is 11.8 Å². The van der Waals surface area contributed by atoms with Crippen LogP contribution in [0.25, 0.3) is 0 Å². The Kier molecular flexibility index (Phi) is 4.51. The normalized spacial score (nSPS) is 9.00. The maximum absolute atomic E-state index is 10.6. The van der Waals surface area contributed by atoms with Gasteiger partial charge < -0.3 is 0 Å². The number of pyridine rings is 1. The van der Waals surface area contributed by atoms with Gasteiger partial charge in [0.2, 0.25) is 0 Å². The van der Waals surface area contributed by atoms with Crippen LogP contribution in [0.3, 0.4) is 0 Å². The van der Waals surface area contributed by atoms with Crippen molar-refractivity contribution in [1.29, 1.82) is 0 Å². The summed E-state index contributed by atoms with van der Waals surface area (Å²) >= 11 is 7.01. The summed E-state index contributed by atoms with van der Waals surface area (Å²) < 4.78 is 0. The van der Waals surface area contributed by atoms with E-state index in [-0.39, 0.29) is 5.12 Å². The Hall–Kier alpha value is -0.980. The van der Waals surface area contributed by atoms with Gasteiger partial charge in [-0.15, -0.1) is 0 Å². The molecule has 1 aromatic heterocycles. The third-order valence-electron chi connectivity index (χ3n) is 1.34. The zero-order valence-corrected chi connectivity index (χ0v) is 9.15. The van der Waals surface area contributed by atoms with E-state index in [4.69, 9.17) is 11.6 Å². The van der Waals surface area contributed by atoms with Crippen molar-refractivity contribution in [3.05, 3.63) is 29.0 Å². The zero-order valence-electron chi connectivity index (χ0n) is 7.58. The second-order valence-corrected chi connectivity index (χ2v) is 4.00. The number of carbonyl (C=O) groups is 1. The fraction of sp³-hybridized carbons (Fsp3) is 0.200. The van der Waals surface area contributed by atoms with Crippen LogP contribution in [0.2, 0.25) is 5.02 Å². The lowest BCUT2D eigenvalue weighted by molar-refractivity contribution is -0.109. The lowest BCUT2D eigenvalue weighted by Gasteiger charge is -1.91. The summed E-state index contributed by atoms with van der Waals surface area (Å²) in [5.74, 6) is 6.22. The maximum Gasteiger partial charge on any atom is 0.186 e. The molecule has 0 fully saturated rings. The van der Waals surface area contributed by atoms with Crippen molar-refractivity contribution in [2.45, 2.75) is 6.92 Å². The number of thioether (sulfide) groups is 1. The van der Waals surface area contributed by atoms with Gasteiger partial charge in [-0.1, -0.05) is 35.2 Å². The van der Waals surface area contributed by atoms with Crippen LogP contribution in [0.1, 0.15) is 12.5 Å². The fourth-order valence-electron chi connectivity index (χ4n) is 0.746. The van der Waals surface area contributed by atoms with Crippen molar-refractivity contribution in [1.82, 2.24) is 4.98 Å². The van der Waals surface area contributed by atoms with Crippen molar-refractivity contribution in [2.75, 3.05) is 5.75 Å². The number of rotatable bonds is 1. The molecule has 0 amide bonds. The van der Waals surface area contributed by atoms with Crippen LogP contribution >= 0.6 is 23.4 Å². The highest BCUT2D eigenvalue weighted by Gasteiger charge is 1.94. The minimum Gasteiger partial charge on any atom is -0.288 e. The number of hydrogen-bond donors (Lipinski definition) is 0. The Labute approximate surface area is 92.1 Å². The third-order valence-corrected chi connectivity index (χ3v) is 2.34. The summed E-state index contributed by atoms with van der Waals surface area (Å²) in [6.07, 6.45) is 3.18.